The third-order valence-electron chi connectivity index (χ3n) is 3.27. The lowest BCUT2D eigenvalue weighted by atomic mass is 10.2. The van der Waals surface area contributed by atoms with Crippen molar-refractivity contribution in [2.75, 3.05) is 19.0 Å². The van der Waals surface area contributed by atoms with Crippen molar-refractivity contribution < 1.29 is 13.9 Å². The Morgan fingerprint density at radius 1 is 1.35 bits per heavy atom. The van der Waals surface area contributed by atoms with Crippen LogP contribution in [0, 0.1) is 0 Å². The monoisotopic (exact) mass is 275 g/mol. The SMILES string of the molecule is COc1ccccc1CNc1nnc([C@@H]2CCCO2)o1. The number of hydrogen-bond acceptors (Lipinski definition) is 6. The highest BCUT2D eigenvalue weighted by Crippen LogP contribution is 2.28. The molecule has 1 aromatic carbocycles. The molecule has 0 radical (unpaired) electrons. The summed E-state index contributed by atoms with van der Waals surface area (Å²) in [6.07, 6.45) is 1.93. The number of rotatable bonds is 5. The zero-order valence-corrected chi connectivity index (χ0v) is 11.3. The van der Waals surface area contributed by atoms with Gasteiger partial charge in [-0.25, -0.2) is 0 Å². The fourth-order valence-corrected chi connectivity index (χ4v) is 2.23. The number of anilines is 1. The minimum Gasteiger partial charge on any atom is -0.496 e. The summed E-state index contributed by atoms with van der Waals surface area (Å²) in [6.45, 7) is 1.33. The number of hydrogen-bond donors (Lipinski definition) is 1. The highest BCUT2D eigenvalue weighted by molar-refractivity contribution is 5.35. The van der Waals surface area contributed by atoms with Crippen molar-refractivity contribution in [2.45, 2.75) is 25.5 Å². The zero-order valence-electron chi connectivity index (χ0n) is 11.3. The van der Waals surface area contributed by atoms with E-state index >= 15 is 0 Å². The van der Waals surface area contributed by atoms with Gasteiger partial charge < -0.3 is 19.2 Å². The average Bonchev–Trinajstić information content (AvgIpc) is 3.16. The highest BCUT2D eigenvalue weighted by atomic mass is 16.5. The van der Waals surface area contributed by atoms with Gasteiger partial charge in [0.05, 0.1) is 7.11 Å². The van der Waals surface area contributed by atoms with E-state index in [1.54, 1.807) is 7.11 Å². The molecular formula is C14H17N3O3. The topological polar surface area (TPSA) is 69.4 Å². The second-order valence-electron chi connectivity index (χ2n) is 4.61. The van der Waals surface area contributed by atoms with E-state index in [-0.39, 0.29) is 6.10 Å². The van der Waals surface area contributed by atoms with E-state index in [9.17, 15) is 0 Å². The molecular weight excluding hydrogens is 258 g/mol. The Balaban J connectivity index is 1.63. The lowest BCUT2D eigenvalue weighted by Crippen LogP contribution is -2.01. The van der Waals surface area contributed by atoms with Gasteiger partial charge in [-0.05, 0) is 18.9 Å². The van der Waals surface area contributed by atoms with E-state index in [2.05, 4.69) is 15.5 Å². The summed E-state index contributed by atoms with van der Waals surface area (Å²) < 4.78 is 16.4. The number of para-hydroxylation sites is 1. The normalized spacial score (nSPS) is 18.1. The predicted molar refractivity (Wildman–Crippen MR) is 72.5 cm³/mol. The van der Waals surface area contributed by atoms with E-state index in [1.165, 1.54) is 0 Å². The van der Waals surface area contributed by atoms with Crippen LogP contribution in [0.5, 0.6) is 5.75 Å². The molecule has 1 atom stereocenters. The number of aromatic nitrogens is 2. The summed E-state index contributed by atoms with van der Waals surface area (Å²) >= 11 is 0. The van der Waals surface area contributed by atoms with Crippen LogP contribution in [0.25, 0.3) is 0 Å². The largest absolute Gasteiger partial charge is 0.496 e. The zero-order chi connectivity index (χ0) is 13.8. The van der Waals surface area contributed by atoms with Crippen LogP contribution in [0.3, 0.4) is 0 Å². The second kappa shape index (κ2) is 5.92. The van der Waals surface area contributed by atoms with Gasteiger partial charge in [-0.2, -0.15) is 0 Å². The quantitative estimate of drug-likeness (QED) is 0.904. The average molecular weight is 275 g/mol. The van der Waals surface area contributed by atoms with Gasteiger partial charge in [0.25, 0.3) is 0 Å². The fourth-order valence-electron chi connectivity index (χ4n) is 2.23. The Bertz CT molecular complexity index is 564. The van der Waals surface area contributed by atoms with Crippen molar-refractivity contribution in [3.8, 4) is 5.75 Å². The van der Waals surface area contributed by atoms with Crippen LogP contribution < -0.4 is 10.1 Å². The number of nitrogens with zero attached hydrogens (tertiary/aromatic N) is 2. The molecule has 20 heavy (non-hydrogen) atoms. The van der Waals surface area contributed by atoms with Crippen molar-refractivity contribution in [3.05, 3.63) is 35.7 Å². The Labute approximate surface area is 117 Å². The third-order valence-corrected chi connectivity index (χ3v) is 3.27. The molecule has 1 aromatic heterocycles. The maximum atomic E-state index is 5.56. The summed E-state index contributed by atoms with van der Waals surface area (Å²) in [4.78, 5) is 0. The standard InChI is InChI=1S/C14H17N3O3/c1-18-11-6-3-2-5-10(11)9-15-14-17-16-13(20-14)12-7-4-8-19-12/h2-3,5-6,12H,4,7-9H2,1H3,(H,15,17)/t12-/m0/s1. The van der Waals surface area contributed by atoms with Gasteiger partial charge >= 0.3 is 6.01 Å². The van der Waals surface area contributed by atoms with Gasteiger partial charge in [0.2, 0.25) is 5.89 Å². The molecule has 0 amide bonds. The van der Waals surface area contributed by atoms with Gasteiger partial charge in [-0.3, -0.25) is 0 Å². The molecule has 1 aliphatic heterocycles. The molecule has 3 rings (SSSR count). The van der Waals surface area contributed by atoms with Crippen LogP contribution in [0.4, 0.5) is 6.01 Å². The van der Waals surface area contributed by atoms with Crippen LogP contribution in [0.1, 0.15) is 30.4 Å². The van der Waals surface area contributed by atoms with Crippen LogP contribution in [0.2, 0.25) is 0 Å². The van der Waals surface area contributed by atoms with Crippen LogP contribution >= 0.6 is 0 Å². The molecule has 0 bridgehead atoms. The molecule has 0 spiro atoms. The smallest absolute Gasteiger partial charge is 0.315 e. The number of methoxy groups -OCH3 is 1. The third kappa shape index (κ3) is 2.75. The number of nitrogens with one attached hydrogen (secondary N) is 1. The number of ether oxygens (including phenoxy) is 2. The van der Waals surface area contributed by atoms with E-state index in [0.717, 1.165) is 30.8 Å². The Morgan fingerprint density at radius 3 is 3.05 bits per heavy atom. The van der Waals surface area contributed by atoms with E-state index in [1.807, 2.05) is 24.3 Å². The molecule has 0 unspecified atom stereocenters. The molecule has 1 aliphatic rings. The van der Waals surface area contributed by atoms with Crippen LogP contribution in [-0.4, -0.2) is 23.9 Å². The van der Waals surface area contributed by atoms with Gasteiger partial charge in [0, 0.05) is 18.7 Å². The lowest BCUT2D eigenvalue weighted by Gasteiger charge is -2.07. The summed E-state index contributed by atoms with van der Waals surface area (Å²) in [7, 11) is 1.65. The van der Waals surface area contributed by atoms with Crippen molar-refractivity contribution in [3.63, 3.8) is 0 Å². The molecule has 0 aliphatic carbocycles. The minimum absolute atomic E-state index is 0.0516. The summed E-state index contributed by atoms with van der Waals surface area (Å²) in [5, 5.41) is 11.1. The van der Waals surface area contributed by atoms with Crippen molar-refractivity contribution >= 4 is 6.01 Å². The molecule has 6 nitrogen and oxygen atoms in total. The maximum absolute atomic E-state index is 5.56. The minimum atomic E-state index is -0.0516. The van der Waals surface area contributed by atoms with Gasteiger partial charge in [0.15, 0.2) is 0 Å². The Kier molecular flexibility index (Phi) is 3.83. The first kappa shape index (κ1) is 12.9. The maximum Gasteiger partial charge on any atom is 0.315 e. The van der Waals surface area contributed by atoms with Crippen LogP contribution in [0.15, 0.2) is 28.7 Å². The van der Waals surface area contributed by atoms with Crippen molar-refractivity contribution in [1.29, 1.82) is 0 Å². The Morgan fingerprint density at radius 2 is 2.25 bits per heavy atom. The summed E-state index contributed by atoms with van der Waals surface area (Å²) in [5.74, 6) is 1.38. The molecule has 1 N–H and O–H groups in total. The molecule has 1 fully saturated rings. The molecule has 106 valence electrons. The lowest BCUT2D eigenvalue weighted by molar-refractivity contribution is 0.0897. The number of benzene rings is 1. The highest BCUT2D eigenvalue weighted by Gasteiger charge is 2.23. The van der Waals surface area contributed by atoms with E-state index in [0.29, 0.717) is 18.5 Å². The summed E-state index contributed by atoms with van der Waals surface area (Å²) in [5.41, 5.74) is 1.03. The first-order chi connectivity index (χ1) is 9.86. The second-order valence-corrected chi connectivity index (χ2v) is 4.61. The summed E-state index contributed by atoms with van der Waals surface area (Å²) in [6, 6.07) is 8.21. The fraction of sp³-hybridized carbons (Fsp3) is 0.429. The van der Waals surface area contributed by atoms with E-state index < -0.39 is 0 Å². The van der Waals surface area contributed by atoms with Gasteiger partial charge in [-0.1, -0.05) is 23.3 Å². The molecule has 2 aromatic rings. The Hall–Kier alpha value is -2.08. The predicted octanol–water partition coefficient (Wildman–Crippen LogP) is 2.54. The van der Waals surface area contributed by atoms with Gasteiger partial charge in [0.1, 0.15) is 11.9 Å². The van der Waals surface area contributed by atoms with E-state index in [4.69, 9.17) is 13.9 Å². The van der Waals surface area contributed by atoms with Crippen molar-refractivity contribution in [1.82, 2.24) is 10.2 Å². The van der Waals surface area contributed by atoms with Crippen LogP contribution in [-0.2, 0) is 11.3 Å². The first-order valence-corrected chi connectivity index (χ1v) is 6.67. The first-order valence-electron chi connectivity index (χ1n) is 6.67. The van der Waals surface area contributed by atoms with Crippen molar-refractivity contribution in [2.24, 2.45) is 0 Å². The van der Waals surface area contributed by atoms with Gasteiger partial charge in [-0.15, -0.1) is 5.10 Å². The molecule has 6 heteroatoms. The molecule has 0 saturated carbocycles. The molecule has 2 heterocycles. The molecule has 1 saturated heterocycles.